The van der Waals surface area contributed by atoms with Crippen LogP contribution in [0.25, 0.3) is 0 Å². The highest BCUT2D eigenvalue weighted by Crippen LogP contribution is 2.31. The van der Waals surface area contributed by atoms with Crippen LogP contribution in [-0.2, 0) is 34.9 Å². The molecule has 0 saturated carbocycles. The van der Waals surface area contributed by atoms with Gasteiger partial charge in [0.25, 0.3) is 11.8 Å². The molecule has 2 N–H and O–H groups in total. The smallest absolute Gasteiger partial charge is 0.291 e. The number of anilines is 1. The van der Waals surface area contributed by atoms with Gasteiger partial charge >= 0.3 is 0 Å². The zero-order valence-corrected chi connectivity index (χ0v) is 25.6. The summed E-state index contributed by atoms with van der Waals surface area (Å²) in [5, 5.41) is 9.50. The van der Waals surface area contributed by atoms with Crippen LogP contribution < -0.4 is 15.0 Å². The fraction of sp³-hybridized carbons (Fsp3) is 0.438. The van der Waals surface area contributed by atoms with E-state index in [9.17, 15) is 9.59 Å². The van der Waals surface area contributed by atoms with Crippen LogP contribution in [0.5, 0.6) is 5.75 Å². The first-order chi connectivity index (χ1) is 22.0. The van der Waals surface area contributed by atoms with Crippen molar-refractivity contribution in [1.82, 2.24) is 20.5 Å². The lowest BCUT2D eigenvalue weighted by Gasteiger charge is -2.20. The van der Waals surface area contributed by atoms with Crippen LogP contribution >= 0.6 is 0 Å². The normalized spacial score (nSPS) is 14.2. The SMILES string of the molecule is COCCOCCOCCOCCOCC#Cc1ccc2c(c1)N(C)C(=O)[C@@H](NC(=O)c1n[nH]c(Cc3ccccc3)n1)CO2. The number of aromatic nitrogens is 3. The summed E-state index contributed by atoms with van der Waals surface area (Å²) in [5.74, 6) is 6.10. The number of fused-ring (bicyclic) bond motifs is 1. The third-order valence-electron chi connectivity index (χ3n) is 6.56. The van der Waals surface area contributed by atoms with E-state index in [2.05, 4.69) is 32.3 Å². The number of carbonyl (C=O) groups excluding carboxylic acids is 2. The lowest BCUT2D eigenvalue weighted by molar-refractivity contribution is -0.120. The molecule has 13 heteroatoms. The number of H-pyrrole nitrogens is 1. The third-order valence-corrected chi connectivity index (χ3v) is 6.56. The summed E-state index contributed by atoms with van der Waals surface area (Å²) < 4.78 is 32.5. The van der Waals surface area contributed by atoms with Crippen molar-refractivity contribution in [1.29, 1.82) is 0 Å². The van der Waals surface area contributed by atoms with Crippen LogP contribution in [0.3, 0.4) is 0 Å². The number of amides is 2. The molecule has 240 valence electrons. The van der Waals surface area contributed by atoms with Crippen molar-refractivity contribution in [2.24, 2.45) is 0 Å². The van der Waals surface area contributed by atoms with Crippen molar-refractivity contribution in [3.05, 3.63) is 71.3 Å². The van der Waals surface area contributed by atoms with E-state index in [0.29, 0.717) is 82.1 Å². The topological polar surface area (TPSA) is 146 Å². The maximum Gasteiger partial charge on any atom is 0.291 e. The molecule has 0 bridgehead atoms. The highest BCUT2D eigenvalue weighted by Gasteiger charge is 2.31. The molecule has 1 aliphatic heterocycles. The molecule has 1 aliphatic rings. The van der Waals surface area contributed by atoms with Gasteiger partial charge in [-0.2, -0.15) is 0 Å². The van der Waals surface area contributed by atoms with Crippen LogP contribution in [0.2, 0.25) is 0 Å². The van der Waals surface area contributed by atoms with Gasteiger partial charge in [-0.15, -0.1) is 5.10 Å². The Hall–Kier alpha value is -4.32. The first-order valence-corrected chi connectivity index (χ1v) is 14.6. The maximum absolute atomic E-state index is 13.2. The molecule has 2 amide bonds. The van der Waals surface area contributed by atoms with Gasteiger partial charge < -0.3 is 38.6 Å². The zero-order chi connectivity index (χ0) is 31.7. The molecule has 4 rings (SSSR count). The number of nitrogens with zero attached hydrogens (tertiary/aromatic N) is 3. The minimum atomic E-state index is -0.928. The summed E-state index contributed by atoms with van der Waals surface area (Å²) in [6, 6.07) is 14.1. The number of aromatic amines is 1. The Bertz CT molecular complexity index is 1420. The summed E-state index contributed by atoms with van der Waals surface area (Å²) in [7, 11) is 3.26. The van der Waals surface area contributed by atoms with E-state index in [-0.39, 0.29) is 24.9 Å². The Morgan fingerprint density at radius 3 is 2.40 bits per heavy atom. The second-order valence-electron chi connectivity index (χ2n) is 9.87. The van der Waals surface area contributed by atoms with Gasteiger partial charge in [0.15, 0.2) is 0 Å². The van der Waals surface area contributed by atoms with Crippen molar-refractivity contribution in [3.8, 4) is 17.6 Å². The number of likely N-dealkylation sites (N-methyl/N-ethyl adjacent to an activating group) is 1. The van der Waals surface area contributed by atoms with Gasteiger partial charge in [0, 0.05) is 26.1 Å². The largest absolute Gasteiger partial charge is 0.489 e. The predicted octanol–water partition coefficient (Wildman–Crippen LogP) is 1.61. The molecule has 1 atom stereocenters. The zero-order valence-electron chi connectivity index (χ0n) is 25.6. The van der Waals surface area contributed by atoms with Gasteiger partial charge in [0.1, 0.15) is 30.8 Å². The van der Waals surface area contributed by atoms with Gasteiger partial charge in [-0.1, -0.05) is 42.2 Å². The van der Waals surface area contributed by atoms with Crippen LogP contribution in [0, 0.1) is 11.8 Å². The third kappa shape index (κ3) is 11.0. The number of carbonyl (C=O) groups is 2. The summed E-state index contributed by atoms with van der Waals surface area (Å²) in [6.45, 7) is 4.13. The molecule has 0 aliphatic carbocycles. The maximum atomic E-state index is 13.2. The molecule has 3 aromatic rings. The Kier molecular flexibility index (Phi) is 13.8. The fourth-order valence-electron chi connectivity index (χ4n) is 4.23. The minimum Gasteiger partial charge on any atom is -0.489 e. The average Bonchev–Trinajstić information content (AvgIpc) is 3.49. The molecule has 0 unspecified atom stereocenters. The van der Waals surface area contributed by atoms with Gasteiger partial charge in [0.2, 0.25) is 5.82 Å². The molecular formula is C32H39N5O8. The standard InChI is InChI=1S/C32H39N5O8/c1-37-27-21-25(9-6-12-41-15-16-43-19-20-44-18-17-42-14-13-40-2)10-11-28(27)45-23-26(32(37)39)33-31(38)30-34-29(35-36-30)22-24-7-4-3-5-8-24/h3-5,7-8,10-11,21,26H,12-20,22-23H2,1-2H3,(H,33,38)(H,34,35,36)/t26-/m0/s1. The van der Waals surface area contributed by atoms with Crippen molar-refractivity contribution in [2.75, 3.05) is 85.1 Å². The van der Waals surface area contributed by atoms with Crippen molar-refractivity contribution in [3.63, 3.8) is 0 Å². The quantitative estimate of drug-likeness (QED) is 0.168. The van der Waals surface area contributed by atoms with E-state index in [0.717, 1.165) is 5.56 Å². The number of methoxy groups -OCH3 is 1. The minimum absolute atomic E-state index is 0.0421. The number of benzene rings is 2. The molecule has 0 radical (unpaired) electrons. The van der Waals surface area contributed by atoms with E-state index < -0.39 is 11.9 Å². The molecule has 2 heterocycles. The predicted molar refractivity (Wildman–Crippen MR) is 164 cm³/mol. The summed E-state index contributed by atoms with van der Waals surface area (Å²) in [5.41, 5.74) is 2.27. The van der Waals surface area contributed by atoms with Gasteiger partial charge in [-0.3, -0.25) is 14.7 Å². The molecular weight excluding hydrogens is 582 g/mol. The lowest BCUT2D eigenvalue weighted by Crippen LogP contribution is -2.49. The first-order valence-electron chi connectivity index (χ1n) is 14.6. The van der Waals surface area contributed by atoms with Crippen LogP contribution in [0.1, 0.15) is 27.6 Å². The van der Waals surface area contributed by atoms with E-state index in [1.165, 1.54) is 4.90 Å². The number of nitrogens with one attached hydrogen (secondary N) is 2. The molecule has 13 nitrogen and oxygen atoms in total. The Balaban J connectivity index is 1.17. The summed E-state index contributed by atoms with van der Waals surface area (Å²) in [6.07, 6.45) is 0.500. The van der Waals surface area contributed by atoms with E-state index in [1.807, 2.05) is 30.3 Å². The van der Waals surface area contributed by atoms with E-state index in [4.69, 9.17) is 28.4 Å². The number of hydrogen-bond donors (Lipinski definition) is 2. The van der Waals surface area contributed by atoms with Gasteiger partial charge in [-0.25, -0.2) is 4.98 Å². The Morgan fingerprint density at radius 1 is 1.00 bits per heavy atom. The second kappa shape index (κ2) is 18.5. The molecule has 1 aromatic heterocycles. The van der Waals surface area contributed by atoms with Gasteiger partial charge in [0.05, 0.1) is 58.5 Å². The monoisotopic (exact) mass is 621 g/mol. The average molecular weight is 622 g/mol. The van der Waals surface area contributed by atoms with Crippen LogP contribution in [0.4, 0.5) is 5.69 Å². The van der Waals surface area contributed by atoms with E-state index >= 15 is 0 Å². The first kappa shape index (κ1) is 33.6. The number of ether oxygens (including phenoxy) is 6. The van der Waals surface area contributed by atoms with Crippen LogP contribution in [-0.4, -0.2) is 113 Å². The Labute approximate surface area is 262 Å². The number of rotatable bonds is 17. The summed E-state index contributed by atoms with van der Waals surface area (Å²) >= 11 is 0. The van der Waals surface area contributed by atoms with Crippen molar-refractivity contribution >= 4 is 17.5 Å². The molecule has 2 aromatic carbocycles. The number of hydrogen-bond acceptors (Lipinski definition) is 10. The van der Waals surface area contributed by atoms with Crippen LogP contribution in [0.15, 0.2) is 48.5 Å². The van der Waals surface area contributed by atoms with Crippen molar-refractivity contribution < 1.29 is 38.0 Å². The van der Waals surface area contributed by atoms with Gasteiger partial charge in [-0.05, 0) is 23.8 Å². The highest BCUT2D eigenvalue weighted by molar-refractivity contribution is 6.02. The fourth-order valence-corrected chi connectivity index (χ4v) is 4.23. The second-order valence-corrected chi connectivity index (χ2v) is 9.87. The molecule has 45 heavy (non-hydrogen) atoms. The molecule has 0 fully saturated rings. The van der Waals surface area contributed by atoms with E-state index in [1.54, 1.807) is 32.4 Å². The van der Waals surface area contributed by atoms with Crippen molar-refractivity contribution in [2.45, 2.75) is 12.5 Å². The highest BCUT2D eigenvalue weighted by atomic mass is 16.6. The summed E-state index contributed by atoms with van der Waals surface area (Å²) in [4.78, 5) is 31.8. The lowest BCUT2D eigenvalue weighted by atomic mass is 10.1. The Morgan fingerprint density at radius 2 is 1.69 bits per heavy atom. The molecule has 0 saturated heterocycles. The molecule has 0 spiro atoms.